The van der Waals surface area contributed by atoms with Crippen LogP contribution >= 0.6 is 34.4 Å². The van der Waals surface area contributed by atoms with Crippen LogP contribution in [0.1, 0.15) is 46.6 Å². The Balaban J connectivity index is 1.82. The van der Waals surface area contributed by atoms with Crippen molar-refractivity contribution in [1.29, 1.82) is 0 Å². The van der Waals surface area contributed by atoms with E-state index in [1.165, 1.54) is 11.3 Å². The molecule has 0 aromatic carbocycles. The number of alkyl halides is 3. The van der Waals surface area contributed by atoms with Crippen molar-refractivity contribution in [3.63, 3.8) is 0 Å². The monoisotopic (exact) mass is 546 g/mol. The largest absolute Gasteiger partial charge is 0.459 e. The van der Waals surface area contributed by atoms with Gasteiger partial charge in [-0.25, -0.2) is 14.8 Å². The van der Waals surface area contributed by atoms with Gasteiger partial charge in [0.05, 0.1) is 32.9 Å². The van der Waals surface area contributed by atoms with Crippen LogP contribution in [0.3, 0.4) is 0 Å². The lowest BCUT2D eigenvalue weighted by atomic mass is 10.1. The quantitative estimate of drug-likeness (QED) is 0.159. The van der Waals surface area contributed by atoms with Gasteiger partial charge in [0.1, 0.15) is 16.9 Å². The average molecular weight is 547 g/mol. The van der Waals surface area contributed by atoms with Crippen molar-refractivity contribution in [2.45, 2.75) is 44.4 Å². The minimum Gasteiger partial charge on any atom is -0.459 e. The number of nitrogens with zero attached hydrogens (tertiary/aromatic N) is 2. The van der Waals surface area contributed by atoms with Crippen molar-refractivity contribution in [3.8, 4) is 10.6 Å². The van der Waals surface area contributed by atoms with E-state index in [-0.39, 0.29) is 32.0 Å². The van der Waals surface area contributed by atoms with E-state index in [4.69, 9.17) is 10.5 Å². The fraction of sp³-hybridized carbons (Fsp3) is 0.333. The summed E-state index contributed by atoms with van der Waals surface area (Å²) in [4.78, 5) is 33.7. The number of thioether (sulfide) groups is 1. The maximum absolute atomic E-state index is 13.3. The molecule has 0 spiro atoms. The van der Waals surface area contributed by atoms with Gasteiger partial charge in [-0.05, 0) is 43.8 Å². The number of esters is 1. The van der Waals surface area contributed by atoms with Crippen molar-refractivity contribution >= 4 is 51.3 Å². The third-order valence-electron chi connectivity index (χ3n) is 4.35. The first-order valence-corrected chi connectivity index (χ1v) is 12.8. The van der Waals surface area contributed by atoms with E-state index in [1.807, 2.05) is 0 Å². The molecule has 0 saturated carbocycles. The number of thiophene rings is 2. The molecule has 3 heterocycles. The van der Waals surface area contributed by atoms with Crippen molar-refractivity contribution in [2.75, 3.05) is 11.1 Å². The number of nitrogens with one attached hydrogen (secondary N) is 1. The second-order valence-electron chi connectivity index (χ2n) is 7.43. The minimum atomic E-state index is -4.69. The molecule has 188 valence electrons. The maximum Gasteiger partial charge on any atom is 0.433 e. The number of aliphatic hydroxyl groups excluding tert-OH is 1. The molecule has 8 nitrogen and oxygen atoms in total. The van der Waals surface area contributed by atoms with E-state index in [2.05, 4.69) is 15.3 Å². The van der Waals surface area contributed by atoms with Gasteiger partial charge in [-0.2, -0.15) is 13.2 Å². The molecule has 0 aliphatic heterocycles. The molecule has 1 atom stereocenters. The molecule has 0 fully saturated rings. The second kappa shape index (κ2) is 11.0. The summed E-state index contributed by atoms with van der Waals surface area (Å²) in [7, 11) is 0. The zero-order valence-corrected chi connectivity index (χ0v) is 21.1. The molecule has 0 aliphatic rings. The first-order chi connectivity index (χ1) is 16.4. The average Bonchev–Trinajstić information content (AvgIpc) is 3.39. The zero-order valence-electron chi connectivity index (χ0n) is 18.7. The number of aromatic nitrogens is 2. The molecule has 1 amide bonds. The molecule has 0 aliphatic carbocycles. The van der Waals surface area contributed by atoms with Crippen LogP contribution < -0.4 is 11.1 Å². The van der Waals surface area contributed by atoms with Crippen LogP contribution in [-0.2, 0) is 15.7 Å². The Bertz CT molecular complexity index is 1210. The van der Waals surface area contributed by atoms with E-state index >= 15 is 0 Å². The number of halogens is 3. The number of rotatable bonds is 8. The van der Waals surface area contributed by atoms with Crippen molar-refractivity contribution in [2.24, 2.45) is 5.73 Å². The number of hydrogen-bond donors (Lipinski definition) is 3. The van der Waals surface area contributed by atoms with Crippen LogP contribution in [0.15, 0.2) is 28.7 Å². The van der Waals surface area contributed by atoms with E-state index in [9.17, 15) is 27.9 Å². The number of nitrogens with two attached hydrogens (primary N) is 1. The summed E-state index contributed by atoms with van der Waals surface area (Å²) >= 11 is 2.85. The zero-order chi connectivity index (χ0) is 25.9. The highest BCUT2D eigenvalue weighted by Crippen LogP contribution is 2.37. The molecule has 3 aromatic rings. The normalized spacial score (nSPS) is 12.6. The summed E-state index contributed by atoms with van der Waals surface area (Å²) in [5.41, 5.74) is 4.95. The fourth-order valence-corrected chi connectivity index (χ4v) is 5.34. The summed E-state index contributed by atoms with van der Waals surface area (Å²) in [6.45, 7) is 4.88. The lowest BCUT2D eigenvalue weighted by Crippen LogP contribution is -2.18. The molecule has 0 unspecified atom stereocenters. The lowest BCUT2D eigenvalue weighted by Gasteiger charge is -2.11. The summed E-state index contributed by atoms with van der Waals surface area (Å²) in [6.07, 6.45) is -6.49. The van der Waals surface area contributed by atoms with Crippen molar-refractivity contribution < 1.29 is 32.6 Å². The first-order valence-electron chi connectivity index (χ1n) is 10.1. The fourth-order valence-electron chi connectivity index (χ4n) is 2.90. The topological polar surface area (TPSA) is 127 Å². The highest BCUT2D eigenvalue weighted by molar-refractivity contribution is 7.99. The van der Waals surface area contributed by atoms with E-state index < -0.39 is 36.1 Å². The Hall–Kier alpha value is -2.52. The molecular weight excluding hydrogens is 525 g/mol. The highest BCUT2D eigenvalue weighted by atomic mass is 32.2. The SMILES string of the molecule is Cc1c([C@H](N)O)sc(NC(=O)CSc2nc(-c3cccs3)cc(C(F)(F)F)n2)c1C(=O)OC(C)C. The van der Waals surface area contributed by atoms with E-state index in [1.54, 1.807) is 38.3 Å². The standard InChI is InChI=1S/C21H21F3N4O4S3/c1-9(2)32-19(31)15-10(3)16(17(25)30)35-18(15)28-14(29)8-34-20-26-11(12-5-4-6-33-12)7-13(27-20)21(22,23)24/h4-7,9,17,30H,8,25H2,1-3H3,(H,28,29)/t17-/m1/s1. The van der Waals surface area contributed by atoms with Gasteiger partial charge in [-0.3, -0.25) is 4.79 Å². The number of amides is 1. The lowest BCUT2D eigenvalue weighted by molar-refractivity contribution is -0.141. The number of carbonyl (C=O) groups is 2. The smallest absolute Gasteiger partial charge is 0.433 e. The number of anilines is 1. The molecule has 3 aromatic heterocycles. The maximum atomic E-state index is 13.3. The molecule has 4 N–H and O–H groups in total. The van der Waals surface area contributed by atoms with Gasteiger partial charge in [-0.15, -0.1) is 22.7 Å². The summed E-state index contributed by atoms with van der Waals surface area (Å²) in [5, 5.41) is 14.0. The molecule has 0 bridgehead atoms. The van der Waals surface area contributed by atoms with Crippen molar-refractivity contribution in [1.82, 2.24) is 9.97 Å². The first kappa shape index (κ1) is 27.1. The van der Waals surface area contributed by atoms with Crippen LogP contribution in [0, 0.1) is 6.92 Å². The van der Waals surface area contributed by atoms with E-state index in [0.29, 0.717) is 22.2 Å². The van der Waals surface area contributed by atoms with E-state index in [0.717, 1.165) is 17.4 Å². The Kier molecular flexibility index (Phi) is 8.54. The van der Waals surface area contributed by atoms with Crippen LogP contribution in [0.2, 0.25) is 0 Å². The number of ether oxygens (including phenoxy) is 1. The van der Waals surface area contributed by atoms with Crippen LogP contribution in [-0.4, -0.2) is 38.8 Å². The second-order valence-corrected chi connectivity index (χ2v) is 10.4. The highest BCUT2D eigenvalue weighted by Gasteiger charge is 2.34. The molecule has 0 saturated heterocycles. The van der Waals surface area contributed by atoms with Gasteiger partial charge in [0.25, 0.3) is 0 Å². The van der Waals surface area contributed by atoms with Gasteiger partial charge in [-0.1, -0.05) is 17.8 Å². The third kappa shape index (κ3) is 6.79. The van der Waals surface area contributed by atoms with Gasteiger partial charge in [0.2, 0.25) is 5.91 Å². The Labute approximate surface area is 210 Å². The Morgan fingerprint density at radius 2 is 2.03 bits per heavy atom. The van der Waals surface area contributed by atoms with Crippen LogP contribution in [0.25, 0.3) is 10.6 Å². The van der Waals surface area contributed by atoms with Gasteiger partial charge < -0.3 is 20.9 Å². The number of aliphatic hydroxyl groups is 1. The predicted octanol–water partition coefficient (Wildman–Crippen LogP) is 4.84. The number of carbonyl (C=O) groups excluding carboxylic acids is 2. The summed E-state index contributed by atoms with van der Waals surface area (Å²) in [6, 6.07) is 4.18. The Morgan fingerprint density at radius 1 is 1.31 bits per heavy atom. The van der Waals surface area contributed by atoms with Gasteiger partial charge >= 0.3 is 12.1 Å². The summed E-state index contributed by atoms with van der Waals surface area (Å²) < 4.78 is 45.2. The summed E-state index contributed by atoms with van der Waals surface area (Å²) in [5.74, 6) is -1.65. The third-order valence-corrected chi connectivity index (χ3v) is 7.37. The molecule has 35 heavy (non-hydrogen) atoms. The van der Waals surface area contributed by atoms with Crippen molar-refractivity contribution in [3.05, 3.63) is 45.3 Å². The molecular formula is C21H21F3N4O4S3. The predicted molar refractivity (Wildman–Crippen MR) is 128 cm³/mol. The molecule has 0 radical (unpaired) electrons. The molecule has 14 heteroatoms. The Morgan fingerprint density at radius 3 is 2.60 bits per heavy atom. The van der Waals surface area contributed by atoms with Crippen LogP contribution in [0.4, 0.5) is 18.2 Å². The van der Waals surface area contributed by atoms with Gasteiger partial charge in [0.15, 0.2) is 5.16 Å². The molecule has 3 rings (SSSR count). The minimum absolute atomic E-state index is 0.0526. The number of hydrogen-bond acceptors (Lipinski definition) is 10. The van der Waals surface area contributed by atoms with Gasteiger partial charge in [0, 0.05) is 0 Å². The van der Waals surface area contributed by atoms with Crippen LogP contribution in [0.5, 0.6) is 0 Å².